The van der Waals surface area contributed by atoms with Gasteiger partial charge in [-0.1, -0.05) is 13.3 Å². The van der Waals surface area contributed by atoms with Crippen LogP contribution < -0.4 is 4.90 Å². The first kappa shape index (κ1) is 14.3. The lowest BCUT2D eigenvalue weighted by atomic mass is 10.1. The molecule has 106 valence electrons. The van der Waals surface area contributed by atoms with Crippen LogP contribution in [0, 0.1) is 0 Å². The van der Waals surface area contributed by atoms with Gasteiger partial charge >= 0.3 is 0 Å². The Morgan fingerprint density at radius 1 is 1.32 bits per heavy atom. The number of aryl methyl sites for hydroxylation is 1. The molecule has 1 aliphatic heterocycles. The van der Waals surface area contributed by atoms with Crippen molar-refractivity contribution in [1.82, 2.24) is 4.98 Å². The van der Waals surface area contributed by atoms with Gasteiger partial charge in [-0.3, -0.25) is 0 Å². The van der Waals surface area contributed by atoms with E-state index in [1.54, 1.807) is 0 Å². The minimum absolute atomic E-state index is 0.0711. The van der Waals surface area contributed by atoms with Gasteiger partial charge in [-0.25, -0.2) is 4.98 Å². The number of nitrogens with zero attached hydrogens (tertiary/aromatic N) is 2. The van der Waals surface area contributed by atoms with E-state index in [2.05, 4.69) is 25.7 Å². The monoisotopic (exact) mass is 264 g/mol. The zero-order valence-electron chi connectivity index (χ0n) is 12.1. The average Bonchev–Trinajstić information content (AvgIpc) is 2.37. The van der Waals surface area contributed by atoms with Crippen LogP contribution in [-0.4, -0.2) is 35.4 Å². The van der Waals surface area contributed by atoms with Gasteiger partial charge in [0.1, 0.15) is 5.82 Å². The highest BCUT2D eigenvalue weighted by Gasteiger charge is 2.23. The number of aliphatic hydroxyl groups excluding tert-OH is 1. The van der Waals surface area contributed by atoms with Crippen molar-refractivity contribution in [3.63, 3.8) is 0 Å². The number of pyridine rings is 1. The molecule has 1 fully saturated rings. The molecule has 0 amide bonds. The normalized spacial score (nSPS) is 23.7. The number of aromatic nitrogens is 1. The fourth-order valence-electron chi connectivity index (χ4n) is 2.64. The molecule has 2 unspecified atom stereocenters. The molecule has 4 nitrogen and oxygen atoms in total. The molecule has 19 heavy (non-hydrogen) atoms. The lowest BCUT2D eigenvalue weighted by Crippen LogP contribution is -2.46. The second-order valence-electron chi connectivity index (χ2n) is 5.40. The van der Waals surface area contributed by atoms with Gasteiger partial charge in [-0.15, -0.1) is 0 Å². The highest BCUT2D eigenvalue weighted by Crippen LogP contribution is 2.21. The maximum absolute atomic E-state index is 9.39. The Labute approximate surface area is 115 Å². The summed E-state index contributed by atoms with van der Waals surface area (Å²) >= 11 is 0. The summed E-state index contributed by atoms with van der Waals surface area (Å²) in [6.07, 6.45) is 2.46. The van der Waals surface area contributed by atoms with Crippen LogP contribution in [0.3, 0.4) is 0 Å². The first-order valence-electron chi connectivity index (χ1n) is 7.13. The molecule has 1 aliphatic rings. The summed E-state index contributed by atoms with van der Waals surface area (Å²) in [6, 6.07) is 3.99. The molecule has 1 N–H and O–H groups in total. The maximum Gasteiger partial charge on any atom is 0.129 e. The van der Waals surface area contributed by atoms with Gasteiger partial charge in [0.2, 0.25) is 0 Å². The SMILES string of the molecule is CCCc1cc(CO)cc(N2CC(C)OC(C)C2)n1. The molecule has 4 heteroatoms. The van der Waals surface area contributed by atoms with Gasteiger partial charge in [-0.05, 0) is 38.0 Å². The number of hydrogen-bond donors (Lipinski definition) is 1. The smallest absolute Gasteiger partial charge is 0.129 e. The summed E-state index contributed by atoms with van der Waals surface area (Å²) in [4.78, 5) is 6.98. The molecular weight excluding hydrogens is 240 g/mol. The molecule has 0 bridgehead atoms. The van der Waals surface area contributed by atoms with Crippen molar-refractivity contribution < 1.29 is 9.84 Å². The van der Waals surface area contributed by atoms with Gasteiger partial charge in [0, 0.05) is 18.8 Å². The predicted molar refractivity (Wildman–Crippen MR) is 76.4 cm³/mol. The Morgan fingerprint density at radius 2 is 2.00 bits per heavy atom. The molecular formula is C15H24N2O2. The summed E-state index contributed by atoms with van der Waals surface area (Å²) in [5.74, 6) is 0.969. The maximum atomic E-state index is 9.39. The quantitative estimate of drug-likeness (QED) is 0.905. The first-order valence-corrected chi connectivity index (χ1v) is 7.13. The van der Waals surface area contributed by atoms with Crippen molar-refractivity contribution in [2.75, 3.05) is 18.0 Å². The molecule has 0 saturated carbocycles. The third-order valence-electron chi connectivity index (χ3n) is 3.36. The zero-order chi connectivity index (χ0) is 13.8. The molecule has 1 aromatic heterocycles. The van der Waals surface area contributed by atoms with E-state index >= 15 is 0 Å². The third kappa shape index (κ3) is 3.67. The number of anilines is 1. The molecule has 0 radical (unpaired) electrons. The van der Waals surface area contributed by atoms with Gasteiger partial charge in [0.05, 0.1) is 18.8 Å². The fraction of sp³-hybridized carbons (Fsp3) is 0.667. The largest absolute Gasteiger partial charge is 0.392 e. The van der Waals surface area contributed by atoms with Crippen LogP contribution in [0.25, 0.3) is 0 Å². The van der Waals surface area contributed by atoms with Gasteiger partial charge in [-0.2, -0.15) is 0 Å². The Kier molecular flexibility index (Phi) is 4.77. The molecule has 2 atom stereocenters. The predicted octanol–water partition coefficient (Wildman–Crippen LogP) is 2.14. The summed E-state index contributed by atoms with van der Waals surface area (Å²) < 4.78 is 5.75. The molecule has 2 rings (SSSR count). The Hall–Kier alpha value is -1.13. The highest BCUT2D eigenvalue weighted by molar-refractivity contribution is 5.43. The lowest BCUT2D eigenvalue weighted by Gasteiger charge is -2.36. The van der Waals surface area contributed by atoms with E-state index in [1.165, 1.54) is 0 Å². The summed E-state index contributed by atoms with van der Waals surface area (Å²) in [5.41, 5.74) is 2.01. The van der Waals surface area contributed by atoms with E-state index < -0.39 is 0 Å². The third-order valence-corrected chi connectivity index (χ3v) is 3.36. The average molecular weight is 264 g/mol. The van der Waals surface area contributed by atoms with Crippen LogP contribution >= 0.6 is 0 Å². The second kappa shape index (κ2) is 6.35. The van der Waals surface area contributed by atoms with Crippen LogP contribution in [0.5, 0.6) is 0 Å². The van der Waals surface area contributed by atoms with Crippen molar-refractivity contribution in [2.24, 2.45) is 0 Å². The number of aliphatic hydroxyl groups is 1. The van der Waals surface area contributed by atoms with Crippen molar-refractivity contribution in [2.45, 2.75) is 52.4 Å². The van der Waals surface area contributed by atoms with Crippen LogP contribution in [0.15, 0.2) is 12.1 Å². The topological polar surface area (TPSA) is 45.6 Å². The fourth-order valence-corrected chi connectivity index (χ4v) is 2.64. The van der Waals surface area contributed by atoms with Crippen LogP contribution in [0.2, 0.25) is 0 Å². The number of morpholine rings is 1. The first-order chi connectivity index (χ1) is 9.12. The van der Waals surface area contributed by atoms with Gasteiger partial charge in [0.15, 0.2) is 0 Å². The standard InChI is InChI=1S/C15H24N2O2/c1-4-5-14-6-13(10-18)7-15(16-14)17-8-11(2)19-12(3)9-17/h6-7,11-12,18H,4-5,8-10H2,1-3H3. The summed E-state index contributed by atoms with van der Waals surface area (Å²) in [6.45, 7) is 8.11. The molecule has 2 heterocycles. The lowest BCUT2D eigenvalue weighted by molar-refractivity contribution is -0.00547. The van der Waals surface area contributed by atoms with Crippen LogP contribution in [0.1, 0.15) is 38.4 Å². The van der Waals surface area contributed by atoms with E-state index in [0.717, 1.165) is 43.0 Å². The number of rotatable bonds is 4. The van der Waals surface area contributed by atoms with Crippen molar-refractivity contribution in [1.29, 1.82) is 0 Å². The van der Waals surface area contributed by atoms with E-state index in [9.17, 15) is 5.11 Å². The molecule has 1 aromatic rings. The van der Waals surface area contributed by atoms with Crippen molar-refractivity contribution in [3.05, 3.63) is 23.4 Å². The molecule has 0 aliphatic carbocycles. The van der Waals surface area contributed by atoms with E-state index in [0.29, 0.717) is 0 Å². The molecule has 0 spiro atoms. The molecule has 1 saturated heterocycles. The number of hydrogen-bond acceptors (Lipinski definition) is 4. The minimum atomic E-state index is 0.0711. The van der Waals surface area contributed by atoms with Gasteiger partial charge < -0.3 is 14.7 Å². The van der Waals surface area contributed by atoms with Crippen LogP contribution in [-0.2, 0) is 17.8 Å². The Morgan fingerprint density at radius 3 is 2.58 bits per heavy atom. The molecule has 0 aromatic carbocycles. The van der Waals surface area contributed by atoms with Crippen molar-refractivity contribution >= 4 is 5.82 Å². The highest BCUT2D eigenvalue weighted by atomic mass is 16.5. The summed E-state index contributed by atoms with van der Waals surface area (Å²) in [5, 5.41) is 9.39. The zero-order valence-corrected chi connectivity index (χ0v) is 12.1. The van der Waals surface area contributed by atoms with E-state index in [1.807, 2.05) is 12.1 Å². The number of ether oxygens (including phenoxy) is 1. The van der Waals surface area contributed by atoms with Crippen molar-refractivity contribution in [3.8, 4) is 0 Å². The Balaban J connectivity index is 2.24. The van der Waals surface area contributed by atoms with E-state index in [-0.39, 0.29) is 18.8 Å². The second-order valence-corrected chi connectivity index (χ2v) is 5.40. The summed E-state index contributed by atoms with van der Waals surface area (Å²) in [7, 11) is 0. The van der Waals surface area contributed by atoms with E-state index in [4.69, 9.17) is 9.72 Å². The van der Waals surface area contributed by atoms with Gasteiger partial charge in [0.25, 0.3) is 0 Å². The van der Waals surface area contributed by atoms with Crippen LogP contribution in [0.4, 0.5) is 5.82 Å². The Bertz CT molecular complexity index is 413. The minimum Gasteiger partial charge on any atom is -0.392 e.